The average molecular weight is 590 g/mol. The van der Waals surface area contributed by atoms with Crippen LogP contribution in [0.3, 0.4) is 0 Å². The van der Waals surface area contributed by atoms with Crippen LogP contribution in [0.4, 0.5) is 0 Å². The van der Waals surface area contributed by atoms with Gasteiger partial charge in [-0.15, -0.1) is 0 Å². The maximum absolute atomic E-state index is 8.56. The molecule has 40 heavy (non-hydrogen) atoms. The number of ether oxygens (including phenoxy) is 11. The van der Waals surface area contributed by atoms with E-state index in [0.717, 1.165) is 13.1 Å². The molecule has 0 radical (unpaired) electrons. The van der Waals surface area contributed by atoms with Crippen molar-refractivity contribution in [2.75, 3.05) is 172 Å². The van der Waals surface area contributed by atoms with Crippen LogP contribution in [0.2, 0.25) is 0 Å². The minimum atomic E-state index is 0.0265. The molecule has 0 heterocycles. The summed E-state index contributed by atoms with van der Waals surface area (Å²) in [5.41, 5.74) is 0. The quantitative estimate of drug-likeness (QED) is 0.0739. The molecule has 0 spiro atoms. The molecule has 0 amide bonds. The molecule has 0 aromatic rings. The summed E-state index contributed by atoms with van der Waals surface area (Å²) in [6, 6.07) is 0. The number of aliphatic hydroxyl groups is 2. The second-order valence-electron chi connectivity index (χ2n) is 7.93. The van der Waals surface area contributed by atoms with Crippen LogP contribution in [0.25, 0.3) is 0 Å². The van der Waals surface area contributed by atoms with E-state index in [0.29, 0.717) is 145 Å². The van der Waals surface area contributed by atoms with Crippen LogP contribution in [-0.4, -0.2) is 182 Å². The molecule has 0 unspecified atom stereocenters. The first-order valence-corrected chi connectivity index (χ1v) is 14.2. The number of rotatable bonds is 37. The van der Waals surface area contributed by atoms with Gasteiger partial charge in [-0.2, -0.15) is 0 Å². The standard InChI is InChI=1S/C26H55NO13/c28-3-7-32-11-15-36-19-23-38-21-17-34-13-9-30-5-1-27-2-6-31-10-14-35-18-22-39-25-26-40-24-20-37-16-12-33-8-4-29/h27-29H,1-26H2. The van der Waals surface area contributed by atoms with Crippen LogP contribution in [0.15, 0.2) is 0 Å². The van der Waals surface area contributed by atoms with E-state index < -0.39 is 0 Å². The maximum Gasteiger partial charge on any atom is 0.0701 e. The second-order valence-corrected chi connectivity index (χ2v) is 7.93. The first-order valence-electron chi connectivity index (χ1n) is 14.2. The van der Waals surface area contributed by atoms with Crippen molar-refractivity contribution < 1.29 is 62.3 Å². The van der Waals surface area contributed by atoms with Gasteiger partial charge in [0.15, 0.2) is 0 Å². The van der Waals surface area contributed by atoms with E-state index >= 15 is 0 Å². The summed E-state index contributed by atoms with van der Waals surface area (Å²) in [4.78, 5) is 0. The van der Waals surface area contributed by atoms with Gasteiger partial charge in [0, 0.05) is 13.1 Å². The van der Waals surface area contributed by atoms with Crippen LogP contribution in [0, 0.1) is 0 Å². The molecule has 0 fully saturated rings. The Morgan fingerprint density at radius 3 is 0.625 bits per heavy atom. The molecule has 3 N–H and O–H groups in total. The van der Waals surface area contributed by atoms with Crippen LogP contribution in [0.1, 0.15) is 0 Å². The zero-order valence-electron chi connectivity index (χ0n) is 24.3. The highest BCUT2D eigenvalue weighted by Crippen LogP contribution is 1.86. The number of aliphatic hydroxyl groups excluding tert-OH is 2. The molecule has 242 valence electrons. The molecule has 0 aliphatic carbocycles. The van der Waals surface area contributed by atoms with Crippen LogP contribution in [0.5, 0.6) is 0 Å². The van der Waals surface area contributed by atoms with Crippen LogP contribution in [-0.2, 0) is 52.1 Å². The Kier molecular flexibility index (Phi) is 37.9. The molecule has 0 atom stereocenters. The van der Waals surface area contributed by atoms with Gasteiger partial charge < -0.3 is 67.6 Å². The third-order valence-electron chi connectivity index (χ3n) is 4.67. The summed E-state index contributed by atoms with van der Waals surface area (Å²) in [7, 11) is 0. The van der Waals surface area contributed by atoms with E-state index in [9.17, 15) is 0 Å². The summed E-state index contributed by atoms with van der Waals surface area (Å²) in [6.45, 7) is 12.7. The molecule has 0 aromatic heterocycles. The minimum Gasteiger partial charge on any atom is -0.394 e. The Morgan fingerprint density at radius 1 is 0.250 bits per heavy atom. The molecular weight excluding hydrogens is 534 g/mol. The lowest BCUT2D eigenvalue weighted by atomic mass is 10.6. The Balaban J connectivity index is 3.01. The topological polar surface area (TPSA) is 154 Å². The van der Waals surface area contributed by atoms with Gasteiger partial charge in [-0.3, -0.25) is 0 Å². The molecule has 14 heteroatoms. The number of hydrogen-bond acceptors (Lipinski definition) is 14. The second kappa shape index (κ2) is 38.4. The van der Waals surface area contributed by atoms with Gasteiger partial charge in [0.1, 0.15) is 0 Å². The predicted molar refractivity (Wildman–Crippen MR) is 146 cm³/mol. The van der Waals surface area contributed by atoms with Gasteiger partial charge in [0.05, 0.1) is 159 Å². The summed E-state index contributed by atoms with van der Waals surface area (Å²) in [6.07, 6.45) is 0. The normalized spacial score (nSPS) is 11.6. The molecule has 14 nitrogen and oxygen atoms in total. The lowest BCUT2D eigenvalue weighted by molar-refractivity contribution is -0.0181. The van der Waals surface area contributed by atoms with Gasteiger partial charge >= 0.3 is 0 Å². The third kappa shape index (κ3) is 37.4. The minimum absolute atomic E-state index is 0.0265. The maximum atomic E-state index is 8.56. The fourth-order valence-corrected chi connectivity index (χ4v) is 2.73. The van der Waals surface area contributed by atoms with Crippen LogP contribution >= 0.6 is 0 Å². The highest BCUT2D eigenvalue weighted by molar-refractivity contribution is 4.46. The molecular formula is C26H55NO13. The molecule has 0 rings (SSSR count). The van der Waals surface area contributed by atoms with Crippen molar-refractivity contribution >= 4 is 0 Å². The Hall–Kier alpha value is -0.560. The van der Waals surface area contributed by atoms with Crippen molar-refractivity contribution in [3.8, 4) is 0 Å². The molecule has 0 bridgehead atoms. The summed E-state index contributed by atoms with van der Waals surface area (Å²) >= 11 is 0. The molecule has 0 aliphatic rings. The van der Waals surface area contributed by atoms with Crippen molar-refractivity contribution in [2.45, 2.75) is 0 Å². The molecule has 0 aliphatic heterocycles. The van der Waals surface area contributed by atoms with Crippen LogP contribution < -0.4 is 5.32 Å². The van der Waals surface area contributed by atoms with Crippen molar-refractivity contribution in [1.82, 2.24) is 5.32 Å². The molecule has 0 aromatic carbocycles. The van der Waals surface area contributed by atoms with E-state index in [1.807, 2.05) is 0 Å². The molecule has 0 saturated carbocycles. The fourth-order valence-electron chi connectivity index (χ4n) is 2.73. The largest absolute Gasteiger partial charge is 0.394 e. The van der Waals surface area contributed by atoms with Gasteiger partial charge in [0.25, 0.3) is 0 Å². The van der Waals surface area contributed by atoms with E-state index in [4.69, 9.17) is 62.3 Å². The van der Waals surface area contributed by atoms with Gasteiger partial charge in [-0.1, -0.05) is 0 Å². The summed E-state index contributed by atoms with van der Waals surface area (Å²) in [5, 5.41) is 20.4. The van der Waals surface area contributed by atoms with Crippen molar-refractivity contribution in [3.63, 3.8) is 0 Å². The number of hydrogen-bond donors (Lipinski definition) is 3. The van der Waals surface area contributed by atoms with Gasteiger partial charge in [0.2, 0.25) is 0 Å². The average Bonchev–Trinajstić information content (AvgIpc) is 2.97. The van der Waals surface area contributed by atoms with Gasteiger partial charge in [-0.05, 0) is 0 Å². The van der Waals surface area contributed by atoms with E-state index in [1.54, 1.807) is 0 Å². The SMILES string of the molecule is OCCOCCOCCOCCOCCOCCNCCOCCOCCOCCOCCOCCOCCO. The third-order valence-corrected chi connectivity index (χ3v) is 4.67. The lowest BCUT2D eigenvalue weighted by Crippen LogP contribution is -2.25. The zero-order valence-corrected chi connectivity index (χ0v) is 24.3. The van der Waals surface area contributed by atoms with E-state index in [1.165, 1.54) is 0 Å². The first kappa shape index (κ1) is 39.4. The zero-order chi connectivity index (χ0) is 28.9. The van der Waals surface area contributed by atoms with Crippen molar-refractivity contribution in [2.24, 2.45) is 0 Å². The first-order chi connectivity index (χ1) is 19.9. The monoisotopic (exact) mass is 589 g/mol. The highest BCUT2D eigenvalue weighted by atomic mass is 16.6. The Labute approximate surface area is 239 Å². The predicted octanol–water partition coefficient (Wildman–Crippen LogP) is -1.26. The summed E-state index contributed by atoms with van der Waals surface area (Å²) < 4.78 is 58.9. The van der Waals surface area contributed by atoms with Crippen molar-refractivity contribution in [3.05, 3.63) is 0 Å². The van der Waals surface area contributed by atoms with E-state index in [2.05, 4.69) is 5.32 Å². The Bertz CT molecular complexity index is 403. The van der Waals surface area contributed by atoms with Crippen molar-refractivity contribution in [1.29, 1.82) is 0 Å². The number of nitrogens with one attached hydrogen (secondary N) is 1. The summed E-state index contributed by atoms with van der Waals surface area (Å²) in [5.74, 6) is 0. The van der Waals surface area contributed by atoms with Gasteiger partial charge in [-0.25, -0.2) is 0 Å². The smallest absolute Gasteiger partial charge is 0.0701 e. The lowest BCUT2D eigenvalue weighted by Gasteiger charge is -2.09. The Morgan fingerprint density at radius 2 is 0.425 bits per heavy atom. The fraction of sp³-hybridized carbons (Fsp3) is 1.00. The molecule has 0 saturated heterocycles. The van der Waals surface area contributed by atoms with E-state index in [-0.39, 0.29) is 13.2 Å². The highest BCUT2D eigenvalue weighted by Gasteiger charge is 1.96.